The maximum Gasteiger partial charge on any atom is 0.0485 e. The summed E-state index contributed by atoms with van der Waals surface area (Å²) in [6.45, 7) is 12.4. The van der Waals surface area contributed by atoms with Crippen molar-refractivity contribution >= 4 is 34.1 Å². The van der Waals surface area contributed by atoms with E-state index in [2.05, 4.69) is 132 Å². The third-order valence-electron chi connectivity index (χ3n) is 6.57. The number of para-hydroxylation sites is 2. The Hall–Kier alpha value is -4.70. The summed E-state index contributed by atoms with van der Waals surface area (Å²) in [6.07, 6.45) is 0. The average Bonchev–Trinajstić information content (AvgIpc) is 3.06. The lowest BCUT2D eigenvalue weighted by molar-refractivity contribution is 0.852. The summed E-state index contributed by atoms with van der Waals surface area (Å²) >= 11 is 0. The van der Waals surface area contributed by atoms with Gasteiger partial charge in [0.2, 0.25) is 0 Å². The van der Waals surface area contributed by atoms with Crippen molar-refractivity contribution in [1.29, 1.82) is 0 Å². The van der Waals surface area contributed by atoms with Crippen molar-refractivity contribution in [2.45, 2.75) is 53.6 Å². The molecule has 218 valence electrons. The van der Waals surface area contributed by atoms with Crippen LogP contribution in [0.5, 0.6) is 0 Å². The predicted molar refractivity (Wildman–Crippen MR) is 186 cm³/mol. The molecule has 0 saturated heterocycles. The van der Waals surface area contributed by atoms with Gasteiger partial charge in [-0.05, 0) is 97.8 Å². The van der Waals surface area contributed by atoms with Crippen LogP contribution in [0.2, 0.25) is 0 Å². The van der Waals surface area contributed by atoms with Gasteiger partial charge < -0.3 is 21.3 Å². The lowest BCUT2D eigenvalue weighted by atomic mass is 10.0. The minimum atomic E-state index is 0.179. The Labute approximate surface area is 253 Å². The second-order valence-electron chi connectivity index (χ2n) is 9.54. The van der Waals surface area contributed by atoms with Crippen molar-refractivity contribution in [2.24, 2.45) is 0 Å². The van der Waals surface area contributed by atoms with E-state index in [0.29, 0.717) is 0 Å². The van der Waals surface area contributed by atoms with E-state index >= 15 is 0 Å². The molecule has 4 nitrogen and oxygen atoms in total. The molecule has 5 rings (SSSR count). The Kier molecular flexibility index (Phi) is 13.0. The van der Waals surface area contributed by atoms with Gasteiger partial charge in [0.15, 0.2) is 0 Å². The summed E-state index contributed by atoms with van der Waals surface area (Å²) in [5.74, 6) is 0. The number of rotatable bonds is 10. The third kappa shape index (κ3) is 9.74. The van der Waals surface area contributed by atoms with Gasteiger partial charge in [-0.25, -0.2) is 0 Å². The molecule has 0 saturated carbocycles. The van der Waals surface area contributed by atoms with Crippen LogP contribution in [0.25, 0.3) is 0 Å². The SMILES string of the molecule is CC.CC.CC(Nc1ccc(Nc2ccccc2)cc1)c1cccc(C(C)Nc2ccc(Nc3ccccc3)cc2)c1. The Morgan fingerprint density at radius 1 is 0.357 bits per heavy atom. The zero-order chi connectivity index (χ0) is 30.2. The van der Waals surface area contributed by atoms with Gasteiger partial charge in [-0.15, -0.1) is 0 Å². The molecular formula is C38H46N4. The molecule has 0 amide bonds. The van der Waals surface area contributed by atoms with E-state index in [0.717, 1.165) is 34.1 Å². The summed E-state index contributed by atoms with van der Waals surface area (Å²) in [5.41, 5.74) is 9.01. The lowest BCUT2D eigenvalue weighted by Gasteiger charge is -2.20. The van der Waals surface area contributed by atoms with Gasteiger partial charge in [0.05, 0.1) is 0 Å². The van der Waals surface area contributed by atoms with Crippen LogP contribution < -0.4 is 21.3 Å². The molecule has 42 heavy (non-hydrogen) atoms. The zero-order valence-corrected chi connectivity index (χ0v) is 25.9. The van der Waals surface area contributed by atoms with Crippen molar-refractivity contribution in [3.05, 3.63) is 145 Å². The second kappa shape index (κ2) is 17.2. The Morgan fingerprint density at radius 3 is 1.02 bits per heavy atom. The molecule has 5 aromatic rings. The van der Waals surface area contributed by atoms with Crippen LogP contribution in [0.3, 0.4) is 0 Å². The van der Waals surface area contributed by atoms with Gasteiger partial charge in [0.25, 0.3) is 0 Å². The maximum atomic E-state index is 3.64. The largest absolute Gasteiger partial charge is 0.379 e. The molecule has 2 atom stereocenters. The number of benzene rings is 5. The summed E-state index contributed by atoms with van der Waals surface area (Å²) in [7, 11) is 0. The molecular weight excluding hydrogens is 512 g/mol. The first-order valence-corrected chi connectivity index (χ1v) is 15.1. The van der Waals surface area contributed by atoms with Gasteiger partial charge in [-0.1, -0.05) is 88.4 Å². The highest BCUT2D eigenvalue weighted by Gasteiger charge is 2.10. The Balaban J connectivity index is 0.00000116. The van der Waals surface area contributed by atoms with Crippen molar-refractivity contribution in [2.75, 3.05) is 21.3 Å². The van der Waals surface area contributed by atoms with E-state index in [1.54, 1.807) is 0 Å². The molecule has 0 aromatic heterocycles. The van der Waals surface area contributed by atoms with E-state index in [-0.39, 0.29) is 12.1 Å². The summed E-state index contributed by atoms with van der Waals surface area (Å²) in [4.78, 5) is 0. The van der Waals surface area contributed by atoms with Crippen LogP contribution in [0, 0.1) is 0 Å². The molecule has 0 bridgehead atoms. The molecule has 4 N–H and O–H groups in total. The summed E-state index contributed by atoms with van der Waals surface area (Å²) in [6, 6.07) is 46.5. The molecule has 0 heterocycles. The second-order valence-corrected chi connectivity index (χ2v) is 9.54. The number of hydrogen-bond acceptors (Lipinski definition) is 4. The first-order chi connectivity index (χ1) is 20.6. The van der Waals surface area contributed by atoms with Gasteiger partial charge in [0.1, 0.15) is 0 Å². The topological polar surface area (TPSA) is 48.1 Å². The molecule has 0 radical (unpaired) electrons. The molecule has 2 unspecified atom stereocenters. The third-order valence-corrected chi connectivity index (χ3v) is 6.57. The van der Waals surface area contributed by atoms with Crippen molar-refractivity contribution in [3.8, 4) is 0 Å². The number of nitrogens with one attached hydrogen (secondary N) is 4. The summed E-state index contributed by atoms with van der Waals surface area (Å²) < 4.78 is 0. The van der Waals surface area contributed by atoms with E-state index in [1.165, 1.54) is 11.1 Å². The van der Waals surface area contributed by atoms with Gasteiger partial charge >= 0.3 is 0 Å². The van der Waals surface area contributed by atoms with E-state index in [1.807, 2.05) is 64.1 Å². The van der Waals surface area contributed by atoms with E-state index in [4.69, 9.17) is 0 Å². The quantitative estimate of drug-likeness (QED) is 0.138. The highest BCUT2D eigenvalue weighted by molar-refractivity contribution is 5.63. The Bertz CT molecular complexity index is 1310. The number of anilines is 6. The summed E-state index contributed by atoms with van der Waals surface area (Å²) in [5, 5.41) is 14.1. The lowest BCUT2D eigenvalue weighted by Crippen LogP contribution is -2.10. The molecule has 0 aliphatic heterocycles. The van der Waals surface area contributed by atoms with E-state index < -0.39 is 0 Å². The zero-order valence-electron chi connectivity index (χ0n) is 25.9. The molecule has 0 aliphatic carbocycles. The Morgan fingerprint density at radius 2 is 0.667 bits per heavy atom. The first-order valence-electron chi connectivity index (χ1n) is 15.1. The molecule has 5 aromatic carbocycles. The first kappa shape index (κ1) is 31.8. The van der Waals surface area contributed by atoms with Crippen LogP contribution in [0.4, 0.5) is 34.1 Å². The van der Waals surface area contributed by atoms with Crippen molar-refractivity contribution < 1.29 is 0 Å². The fourth-order valence-electron chi connectivity index (χ4n) is 4.44. The standard InChI is InChI=1S/C34H34N4.2C2H6/c1-25(35-31-16-20-33(21-17-31)37-29-12-5-3-6-13-29)27-10-9-11-28(24-27)26(2)36-32-18-22-34(23-19-32)38-30-14-7-4-8-15-30;2*1-2/h3-26,35-38H,1-2H3;2*1-2H3. The minimum absolute atomic E-state index is 0.179. The molecule has 0 aliphatic rings. The maximum absolute atomic E-state index is 3.64. The molecule has 0 fully saturated rings. The highest BCUT2D eigenvalue weighted by atomic mass is 14.9. The fraction of sp³-hybridized carbons (Fsp3) is 0.211. The van der Waals surface area contributed by atoms with Crippen molar-refractivity contribution in [3.63, 3.8) is 0 Å². The van der Waals surface area contributed by atoms with Gasteiger partial charge in [-0.2, -0.15) is 0 Å². The highest BCUT2D eigenvalue weighted by Crippen LogP contribution is 2.27. The normalized spacial score (nSPS) is 11.4. The molecule has 0 spiro atoms. The monoisotopic (exact) mass is 558 g/mol. The van der Waals surface area contributed by atoms with Gasteiger partial charge in [-0.3, -0.25) is 0 Å². The van der Waals surface area contributed by atoms with Gasteiger partial charge in [0, 0.05) is 46.2 Å². The fourth-order valence-corrected chi connectivity index (χ4v) is 4.44. The van der Waals surface area contributed by atoms with E-state index in [9.17, 15) is 0 Å². The smallest absolute Gasteiger partial charge is 0.0485 e. The number of hydrogen-bond donors (Lipinski definition) is 4. The van der Waals surface area contributed by atoms with Crippen molar-refractivity contribution in [1.82, 2.24) is 0 Å². The molecule has 4 heteroatoms. The predicted octanol–water partition coefficient (Wildman–Crippen LogP) is 11.6. The minimum Gasteiger partial charge on any atom is -0.379 e. The van der Waals surface area contributed by atoms with Crippen LogP contribution in [-0.2, 0) is 0 Å². The van der Waals surface area contributed by atoms with Crippen LogP contribution >= 0.6 is 0 Å². The van der Waals surface area contributed by atoms with Crippen LogP contribution in [0.1, 0.15) is 64.8 Å². The average molecular weight is 559 g/mol. The van der Waals surface area contributed by atoms with Crippen LogP contribution in [0.15, 0.2) is 133 Å². The van der Waals surface area contributed by atoms with Crippen LogP contribution in [-0.4, -0.2) is 0 Å².